The molecule has 0 aliphatic heterocycles. The first-order chi connectivity index (χ1) is 11.3. The molecule has 0 atom stereocenters. The average molecular weight is 310 g/mol. The monoisotopic (exact) mass is 310 g/mol. The van der Waals surface area contributed by atoms with Crippen molar-refractivity contribution in [1.82, 2.24) is 9.66 Å². The summed E-state index contributed by atoms with van der Waals surface area (Å²) in [6.07, 6.45) is 1.73. The maximum absolute atomic E-state index is 5.42. The molecule has 1 heterocycles. The van der Waals surface area contributed by atoms with Crippen LogP contribution >= 0.6 is 0 Å². The second-order valence-electron chi connectivity index (χ2n) is 4.81. The summed E-state index contributed by atoms with van der Waals surface area (Å²) in [4.78, 5) is 4.50. The van der Waals surface area contributed by atoms with E-state index in [2.05, 4.69) is 15.4 Å². The number of hydrogen-bond donors (Lipinski definition) is 1. The highest BCUT2D eigenvalue weighted by molar-refractivity contribution is 5.86. The number of nitrogens with zero attached hydrogens (tertiary/aromatic N) is 3. The lowest BCUT2D eigenvalue weighted by atomic mass is 10.2. The molecule has 3 rings (SSSR count). The first-order valence-electron chi connectivity index (χ1n) is 7.19. The predicted octanol–water partition coefficient (Wildman–Crippen LogP) is 2.98. The highest BCUT2D eigenvalue weighted by atomic mass is 16.5. The van der Waals surface area contributed by atoms with Gasteiger partial charge in [-0.3, -0.25) is 0 Å². The average Bonchev–Trinajstić information content (AvgIpc) is 2.97. The van der Waals surface area contributed by atoms with Gasteiger partial charge in [-0.2, -0.15) is 9.78 Å². The molecule has 0 radical (unpaired) electrons. The SMILES string of the molecule is CNc1nc2ccccc2n1N=Cc1cccc(OC)c1OC. The van der Waals surface area contributed by atoms with Gasteiger partial charge in [0.25, 0.3) is 0 Å². The van der Waals surface area contributed by atoms with Crippen LogP contribution in [0.2, 0.25) is 0 Å². The van der Waals surface area contributed by atoms with Crippen molar-refractivity contribution < 1.29 is 9.47 Å². The minimum absolute atomic E-state index is 0.647. The molecule has 0 saturated heterocycles. The molecule has 1 aromatic heterocycles. The van der Waals surface area contributed by atoms with Gasteiger partial charge in [0.1, 0.15) is 0 Å². The molecule has 0 amide bonds. The van der Waals surface area contributed by atoms with Crippen LogP contribution in [0.1, 0.15) is 5.56 Å². The van der Waals surface area contributed by atoms with Gasteiger partial charge in [-0.15, -0.1) is 0 Å². The van der Waals surface area contributed by atoms with E-state index in [0.717, 1.165) is 16.6 Å². The fourth-order valence-electron chi connectivity index (χ4n) is 2.43. The van der Waals surface area contributed by atoms with Gasteiger partial charge < -0.3 is 14.8 Å². The zero-order valence-corrected chi connectivity index (χ0v) is 13.3. The van der Waals surface area contributed by atoms with Gasteiger partial charge in [0, 0.05) is 12.6 Å². The van der Waals surface area contributed by atoms with E-state index in [1.807, 2.05) is 49.5 Å². The number of para-hydroxylation sites is 3. The number of aromatic nitrogens is 2. The van der Waals surface area contributed by atoms with E-state index in [1.54, 1.807) is 25.1 Å². The molecule has 2 aromatic carbocycles. The summed E-state index contributed by atoms with van der Waals surface area (Å²) < 4.78 is 12.5. The van der Waals surface area contributed by atoms with Crippen LogP contribution in [0.3, 0.4) is 0 Å². The molecule has 0 spiro atoms. The summed E-state index contributed by atoms with van der Waals surface area (Å²) >= 11 is 0. The highest BCUT2D eigenvalue weighted by Gasteiger charge is 2.10. The van der Waals surface area contributed by atoms with Crippen molar-refractivity contribution in [2.75, 3.05) is 26.6 Å². The van der Waals surface area contributed by atoms with E-state index >= 15 is 0 Å². The van der Waals surface area contributed by atoms with Gasteiger partial charge >= 0.3 is 0 Å². The van der Waals surface area contributed by atoms with Crippen LogP contribution in [0.25, 0.3) is 11.0 Å². The second kappa shape index (κ2) is 6.39. The van der Waals surface area contributed by atoms with Crippen LogP contribution in [0.15, 0.2) is 47.6 Å². The van der Waals surface area contributed by atoms with E-state index < -0.39 is 0 Å². The Morgan fingerprint density at radius 3 is 2.65 bits per heavy atom. The number of benzene rings is 2. The molecule has 6 heteroatoms. The first-order valence-corrected chi connectivity index (χ1v) is 7.19. The normalized spacial score (nSPS) is 11.1. The van der Waals surface area contributed by atoms with Crippen molar-refractivity contribution >= 4 is 23.2 Å². The quantitative estimate of drug-likeness (QED) is 0.736. The zero-order valence-electron chi connectivity index (χ0n) is 13.3. The molecule has 0 fully saturated rings. The number of rotatable bonds is 5. The Morgan fingerprint density at radius 1 is 1.09 bits per heavy atom. The van der Waals surface area contributed by atoms with Crippen LogP contribution in [0.5, 0.6) is 11.5 Å². The number of fused-ring (bicyclic) bond motifs is 1. The van der Waals surface area contributed by atoms with E-state index in [4.69, 9.17) is 9.47 Å². The second-order valence-corrected chi connectivity index (χ2v) is 4.81. The van der Waals surface area contributed by atoms with Gasteiger partial charge in [-0.1, -0.05) is 18.2 Å². The van der Waals surface area contributed by atoms with Crippen LogP contribution in [0.4, 0.5) is 5.95 Å². The third kappa shape index (κ3) is 2.70. The Kier molecular flexibility index (Phi) is 4.14. The zero-order chi connectivity index (χ0) is 16.2. The van der Waals surface area contributed by atoms with Gasteiger partial charge in [-0.05, 0) is 24.3 Å². The largest absolute Gasteiger partial charge is 0.493 e. The predicted molar refractivity (Wildman–Crippen MR) is 91.8 cm³/mol. The fourth-order valence-corrected chi connectivity index (χ4v) is 2.43. The Balaban J connectivity index is 2.07. The number of ether oxygens (including phenoxy) is 2. The summed E-state index contributed by atoms with van der Waals surface area (Å²) in [5, 5.41) is 7.61. The van der Waals surface area contributed by atoms with Gasteiger partial charge in [-0.25, -0.2) is 4.98 Å². The number of methoxy groups -OCH3 is 2. The molecule has 0 aliphatic rings. The third-order valence-electron chi connectivity index (χ3n) is 3.51. The summed E-state index contributed by atoms with van der Waals surface area (Å²) in [7, 11) is 5.04. The van der Waals surface area contributed by atoms with E-state index in [1.165, 1.54) is 0 Å². The number of imidazole rings is 1. The molecule has 1 N–H and O–H groups in total. The summed E-state index contributed by atoms with van der Waals surface area (Å²) in [6, 6.07) is 13.5. The molecule has 0 aliphatic carbocycles. The topological polar surface area (TPSA) is 60.7 Å². The third-order valence-corrected chi connectivity index (χ3v) is 3.51. The Bertz CT molecular complexity index is 855. The van der Waals surface area contributed by atoms with Gasteiger partial charge in [0.05, 0.1) is 31.5 Å². The van der Waals surface area contributed by atoms with Crippen LogP contribution in [0, 0.1) is 0 Å². The Labute approximate surface area is 134 Å². The standard InChI is InChI=1S/C17H18N4O2/c1-18-17-20-13-8-4-5-9-14(13)21(17)19-11-12-7-6-10-15(22-2)16(12)23-3/h4-11H,1-3H3,(H,18,20). The van der Waals surface area contributed by atoms with Crippen molar-refractivity contribution in [3.63, 3.8) is 0 Å². The highest BCUT2D eigenvalue weighted by Crippen LogP contribution is 2.29. The molecule has 6 nitrogen and oxygen atoms in total. The lowest BCUT2D eigenvalue weighted by Crippen LogP contribution is -2.00. The van der Waals surface area contributed by atoms with Crippen molar-refractivity contribution in [2.45, 2.75) is 0 Å². The van der Waals surface area contributed by atoms with E-state index in [0.29, 0.717) is 17.4 Å². The lowest BCUT2D eigenvalue weighted by Gasteiger charge is -2.09. The van der Waals surface area contributed by atoms with Crippen LogP contribution < -0.4 is 14.8 Å². The van der Waals surface area contributed by atoms with Gasteiger partial charge in [0.15, 0.2) is 11.5 Å². The van der Waals surface area contributed by atoms with Crippen molar-refractivity contribution in [3.8, 4) is 11.5 Å². The minimum atomic E-state index is 0.647. The van der Waals surface area contributed by atoms with Crippen molar-refractivity contribution in [3.05, 3.63) is 48.0 Å². The maximum atomic E-state index is 5.42. The van der Waals surface area contributed by atoms with Crippen molar-refractivity contribution in [2.24, 2.45) is 5.10 Å². The van der Waals surface area contributed by atoms with E-state index in [9.17, 15) is 0 Å². The van der Waals surface area contributed by atoms with Gasteiger partial charge in [0.2, 0.25) is 5.95 Å². The number of hydrogen-bond acceptors (Lipinski definition) is 5. The summed E-state index contributed by atoms with van der Waals surface area (Å²) in [5.74, 6) is 1.99. The minimum Gasteiger partial charge on any atom is -0.493 e. The lowest BCUT2D eigenvalue weighted by molar-refractivity contribution is 0.354. The Hall–Kier alpha value is -3.02. The Morgan fingerprint density at radius 2 is 1.91 bits per heavy atom. The molecule has 3 aromatic rings. The molecule has 0 unspecified atom stereocenters. The summed E-state index contributed by atoms with van der Waals surface area (Å²) in [6.45, 7) is 0. The first kappa shape index (κ1) is 14.9. The molecule has 23 heavy (non-hydrogen) atoms. The van der Waals surface area contributed by atoms with Crippen LogP contribution in [-0.4, -0.2) is 37.1 Å². The fraction of sp³-hybridized carbons (Fsp3) is 0.176. The smallest absolute Gasteiger partial charge is 0.224 e. The maximum Gasteiger partial charge on any atom is 0.224 e. The summed E-state index contributed by atoms with van der Waals surface area (Å²) in [5.41, 5.74) is 2.63. The number of anilines is 1. The van der Waals surface area contributed by atoms with Crippen molar-refractivity contribution in [1.29, 1.82) is 0 Å². The molecule has 0 bridgehead atoms. The van der Waals surface area contributed by atoms with Crippen LogP contribution in [-0.2, 0) is 0 Å². The molecule has 0 saturated carbocycles. The molecule has 118 valence electrons. The number of nitrogens with one attached hydrogen (secondary N) is 1. The van der Waals surface area contributed by atoms with E-state index in [-0.39, 0.29) is 0 Å². The molecular formula is C17H18N4O2. The molecular weight excluding hydrogens is 292 g/mol.